The van der Waals surface area contributed by atoms with Gasteiger partial charge in [0, 0.05) is 23.8 Å². The molecule has 0 fully saturated rings. The molecule has 0 aliphatic heterocycles. The Kier molecular flexibility index (Phi) is 4.03. The minimum Gasteiger partial charge on any atom is -0.422 e. The smallest absolute Gasteiger partial charge is 0.349 e. The number of rotatable bonds is 4. The van der Waals surface area contributed by atoms with E-state index in [2.05, 4.69) is 15.4 Å². The molecule has 4 rings (SSSR count). The van der Waals surface area contributed by atoms with Gasteiger partial charge in [-0.05, 0) is 24.3 Å². The average molecular weight is 346 g/mol. The van der Waals surface area contributed by atoms with Gasteiger partial charge in [-0.2, -0.15) is 5.10 Å². The van der Waals surface area contributed by atoms with Crippen molar-refractivity contribution in [3.05, 3.63) is 88.7 Å². The summed E-state index contributed by atoms with van der Waals surface area (Å²) < 4.78 is 6.84. The molecule has 1 N–H and O–H groups in total. The third-order valence-electron chi connectivity index (χ3n) is 3.82. The summed E-state index contributed by atoms with van der Waals surface area (Å²) in [4.78, 5) is 28.7. The molecule has 1 amide bonds. The number of carbonyl (C=O) groups excluding carboxylic acids is 1. The minimum absolute atomic E-state index is 0.0667. The van der Waals surface area contributed by atoms with Crippen LogP contribution in [0.25, 0.3) is 11.0 Å². The summed E-state index contributed by atoms with van der Waals surface area (Å²) >= 11 is 0. The van der Waals surface area contributed by atoms with Gasteiger partial charge in [-0.25, -0.2) is 4.79 Å². The Morgan fingerprint density at radius 3 is 2.81 bits per heavy atom. The van der Waals surface area contributed by atoms with Crippen molar-refractivity contribution in [2.75, 3.05) is 5.32 Å². The van der Waals surface area contributed by atoms with Gasteiger partial charge in [0.05, 0.1) is 12.2 Å². The fourth-order valence-corrected chi connectivity index (χ4v) is 2.58. The second-order valence-corrected chi connectivity index (χ2v) is 5.66. The number of pyridine rings is 1. The molecule has 7 heteroatoms. The van der Waals surface area contributed by atoms with Crippen molar-refractivity contribution in [1.82, 2.24) is 14.8 Å². The van der Waals surface area contributed by atoms with Gasteiger partial charge in [0.1, 0.15) is 11.1 Å². The molecule has 0 saturated heterocycles. The maximum absolute atomic E-state index is 12.4. The summed E-state index contributed by atoms with van der Waals surface area (Å²) in [6.07, 6.45) is 3.44. The highest BCUT2D eigenvalue weighted by atomic mass is 16.4. The van der Waals surface area contributed by atoms with Crippen LogP contribution in [0.15, 0.2) is 76.2 Å². The molecule has 0 unspecified atom stereocenters. The van der Waals surface area contributed by atoms with E-state index in [1.54, 1.807) is 41.3 Å². The highest BCUT2D eigenvalue weighted by Gasteiger charge is 2.15. The lowest BCUT2D eigenvalue weighted by atomic mass is 10.2. The highest BCUT2D eigenvalue weighted by Crippen LogP contribution is 2.13. The largest absolute Gasteiger partial charge is 0.422 e. The topological polar surface area (TPSA) is 90.0 Å². The zero-order chi connectivity index (χ0) is 17.9. The first kappa shape index (κ1) is 15.8. The summed E-state index contributed by atoms with van der Waals surface area (Å²) in [5.74, 6) is -0.217. The standard InChI is InChI=1S/C19H14N4O3/c24-18(15-11-13-5-1-2-7-16(13)26-19(15)25)21-17-8-10-23(22-17)12-14-6-3-4-9-20-14/h1-11H,12H2,(H,21,22,24). The lowest BCUT2D eigenvalue weighted by Gasteiger charge is -2.03. The number of nitrogens with one attached hydrogen (secondary N) is 1. The lowest BCUT2D eigenvalue weighted by molar-refractivity contribution is 0.102. The van der Waals surface area contributed by atoms with Gasteiger partial charge < -0.3 is 9.73 Å². The van der Waals surface area contributed by atoms with Crippen molar-refractivity contribution >= 4 is 22.7 Å². The molecule has 128 valence electrons. The van der Waals surface area contributed by atoms with Crippen molar-refractivity contribution in [1.29, 1.82) is 0 Å². The molecule has 0 spiro atoms. The third kappa shape index (κ3) is 3.23. The normalized spacial score (nSPS) is 10.8. The first-order valence-corrected chi connectivity index (χ1v) is 7.97. The molecule has 26 heavy (non-hydrogen) atoms. The van der Waals surface area contributed by atoms with Gasteiger partial charge in [-0.15, -0.1) is 0 Å². The summed E-state index contributed by atoms with van der Waals surface area (Å²) in [7, 11) is 0. The number of carbonyl (C=O) groups is 1. The zero-order valence-corrected chi connectivity index (χ0v) is 13.6. The van der Waals surface area contributed by atoms with Crippen molar-refractivity contribution in [3.63, 3.8) is 0 Å². The first-order valence-electron chi connectivity index (χ1n) is 7.97. The molecule has 3 heterocycles. The second-order valence-electron chi connectivity index (χ2n) is 5.66. The summed E-state index contributed by atoms with van der Waals surface area (Å²) in [5.41, 5.74) is 0.537. The summed E-state index contributed by atoms with van der Waals surface area (Å²) in [6.45, 7) is 0.481. The van der Waals surface area contributed by atoms with Crippen LogP contribution in [-0.4, -0.2) is 20.7 Å². The van der Waals surface area contributed by atoms with Crippen molar-refractivity contribution in [2.45, 2.75) is 6.54 Å². The van der Waals surface area contributed by atoms with E-state index < -0.39 is 11.5 Å². The van der Waals surface area contributed by atoms with Crippen LogP contribution < -0.4 is 10.9 Å². The van der Waals surface area contributed by atoms with E-state index >= 15 is 0 Å². The van der Waals surface area contributed by atoms with Crippen molar-refractivity contribution in [2.24, 2.45) is 0 Å². The molecule has 0 radical (unpaired) electrons. The van der Waals surface area contributed by atoms with Crippen molar-refractivity contribution in [3.8, 4) is 0 Å². The molecule has 0 aliphatic rings. The number of hydrogen-bond acceptors (Lipinski definition) is 5. The van der Waals surface area contributed by atoms with E-state index in [-0.39, 0.29) is 5.56 Å². The van der Waals surface area contributed by atoms with Crippen LogP contribution >= 0.6 is 0 Å². The molecule has 7 nitrogen and oxygen atoms in total. The first-order chi connectivity index (χ1) is 12.7. The van der Waals surface area contributed by atoms with Gasteiger partial charge in [0.15, 0.2) is 5.82 Å². The molecular formula is C19H14N4O3. The van der Waals surface area contributed by atoms with E-state index in [0.717, 1.165) is 5.69 Å². The van der Waals surface area contributed by atoms with Gasteiger partial charge in [-0.3, -0.25) is 14.5 Å². The molecule has 4 aromatic rings. The average Bonchev–Trinajstić information content (AvgIpc) is 3.08. The maximum atomic E-state index is 12.4. The summed E-state index contributed by atoms with van der Waals surface area (Å²) in [6, 6.07) is 15.8. The number of nitrogens with zero attached hydrogens (tertiary/aromatic N) is 3. The Balaban J connectivity index is 1.53. The quantitative estimate of drug-likeness (QED) is 0.574. The predicted octanol–water partition coefficient (Wildman–Crippen LogP) is 2.69. The lowest BCUT2D eigenvalue weighted by Crippen LogP contribution is -2.21. The Morgan fingerprint density at radius 1 is 1.12 bits per heavy atom. The molecule has 0 bridgehead atoms. The van der Waals surface area contributed by atoms with E-state index in [1.165, 1.54) is 6.07 Å². The number of hydrogen-bond donors (Lipinski definition) is 1. The molecule has 0 saturated carbocycles. The van der Waals surface area contributed by atoms with Crippen LogP contribution in [-0.2, 0) is 6.54 Å². The van der Waals surface area contributed by atoms with Gasteiger partial charge in [0.2, 0.25) is 0 Å². The molecule has 3 aromatic heterocycles. The fraction of sp³-hybridized carbons (Fsp3) is 0.0526. The Bertz CT molecular complexity index is 1130. The van der Waals surface area contributed by atoms with E-state index in [9.17, 15) is 9.59 Å². The molecule has 0 atom stereocenters. The number of para-hydroxylation sites is 1. The Hall–Kier alpha value is -3.74. The molecule has 0 aliphatic carbocycles. The van der Waals surface area contributed by atoms with E-state index in [1.807, 2.05) is 24.3 Å². The van der Waals surface area contributed by atoms with Gasteiger partial charge in [-0.1, -0.05) is 24.3 Å². The Morgan fingerprint density at radius 2 is 1.96 bits per heavy atom. The van der Waals surface area contributed by atoms with Crippen LogP contribution in [0.1, 0.15) is 16.1 Å². The van der Waals surface area contributed by atoms with Crippen LogP contribution in [0.3, 0.4) is 0 Å². The SMILES string of the molecule is O=C(Nc1ccn(Cc2ccccn2)n1)c1cc2ccccc2oc1=O. The van der Waals surface area contributed by atoms with Crippen LogP contribution in [0.4, 0.5) is 5.82 Å². The minimum atomic E-state index is -0.686. The monoisotopic (exact) mass is 346 g/mol. The fourth-order valence-electron chi connectivity index (χ4n) is 2.58. The van der Waals surface area contributed by atoms with E-state index in [0.29, 0.717) is 23.3 Å². The highest BCUT2D eigenvalue weighted by molar-refractivity contribution is 6.04. The van der Waals surface area contributed by atoms with E-state index in [4.69, 9.17) is 4.42 Å². The number of benzene rings is 1. The van der Waals surface area contributed by atoms with Crippen LogP contribution in [0, 0.1) is 0 Å². The molecule has 1 aromatic carbocycles. The summed E-state index contributed by atoms with van der Waals surface area (Å²) in [5, 5.41) is 7.57. The number of amides is 1. The molecular weight excluding hydrogens is 332 g/mol. The maximum Gasteiger partial charge on any atom is 0.349 e. The number of aromatic nitrogens is 3. The van der Waals surface area contributed by atoms with Gasteiger partial charge >= 0.3 is 5.63 Å². The van der Waals surface area contributed by atoms with Crippen LogP contribution in [0.5, 0.6) is 0 Å². The van der Waals surface area contributed by atoms with Gasteiger partial charge in [0.25, 0.3) is 5.91 Å². The van der Waals surface area contributed by atoms with Crippen LogP contribution in [0.2, 0.25) is 0 Å². The predicted molar refractivity (Wildman–Crippen MR) is 96.0 cm³/mol. The van der Waals surface area contributed by atoms with Crippen molar-refractivity contribution < 1.29 is 9.21 Å². The second kappa shape index (κ2) is 6.64. The third-order valence-corrected chi connectivity index (χ3v) is 3.82. The zero-order valence-electron chi connectivity index (χ0n) is 13.6. The number of fused-ring (bicyclic) bond motifs is 1. The number of anilines is 1. The Labute approximate surface area is 147 Å².